The first-order valence-electron chi connectivity index (χ1n) is 13.8. The van der Waals surface area contributed by atoms with Crippen LogP contribution < -0.4 is 5.32 Å². The molecular weight excluding hydrogens is 521 g/mol. The number of benzene rings is 1. The lowest BCUT2D eigenvalue weighted by Crippen LogP contribution is -2.51. The monoisotopic (exact) mass is 558 g/mol. The summed E-state index contributed by atoms with van der Waals surface area (Å²) in [6.45, 7) is 3.05. The number of fused-ring (bicyclic) bond motifs is 2. The molecule has 1 aromatic carbocycles. The van der Waals surface area contributed by atoms with Crippen LogP contribution in [0.15, 0.2) is 42.0 Å². The predicted molar refractivity (Wildman–Crippen MR) is 144 cm³/mol. The first-order chi connectivity index (χ1) is 18.9. The maximum Gasteiger partial charge on any atom is 0.475 e. The van der Waals surface area contributed by atoms with Crippen molar-refractivity contribution in [3.05, 3.63) is 47.5 Å². The Hall–Kier alpha value is -3.01. The summed E-state index contributed by atoms with van der Waals surface area (Å²) in [6.07, 6.45) is 3.77. The average Bonchev–Trinajstić information content (AvgIpc) is 3.59. The predicted octanol–water partition coefficient (Wildman–Crippen LogP) is 2.82. The third-order valence-corrected chi connectivity index (χ3v) is 8.54. The van der Waals surface area contributed by atoms with E-state index < -0.39 is 48.6 Å². The number of hydrogen-bond acceptors (Lipinski definition) is 7. The fraction of sp³-hybridized carbons (Fsp3) is 0.607. The first kappa shape index (κ1) is 30.0. The SMILES string of the molecule is CC(C)(/C=C(\C#N)C(=O)N1C2CCC1(COC(=O)N[C@@H](CCc1ccccc1)B(O)O)CC2)N1CCC(F)(F)C1. The Balaban J connectivity index is 1.40. The van der Waals surface area contributed by atoms with Gasteiger partial charge in [0.25, 0.3) is 11.8 Å². The summed E-state index contributed by atoms with van der Waals surface area (Å²) < 4.78 is 33.2. The molecule has 3 heterocycles. The third-order valence-electron chi connectivity index (χ3n) is 8.54. The van der Waals surface area contributed by atoms with Gasteiger partial charge in [0.1, 0.15) is 18.2 Å². The Morgan fingerprint density at radius 1 is 1.25 bits per heavy atom. The van der Waals surface area contributed by atoms with Gasteiger partial charge in [-0.3, -0.25) is 9.69 Å². The number of amides is 2. The number of alkyl carbamates (subject to hydrolysis) is 1. The molecule has 12 heteroatoms. The van der Waals surface area contributed by atoms with Crippen molar-refractivity contribution in [3.8, 4) is 6.07 Å². The highest BCUT2D eigenvalue weighted by molar-refractivity contribution is 6.43. The summed E-state index contributed by atoms with van der Waals surface area (Å²) in [5, 5.41) is 31.9. The van der Waals surface area contributed by atoms with E-state index in [9.17, 15) is 33.7 Å². The topological polar surface area (TPSA) is 126 Å². The number of likely N-dealkylation sites (tertiary alicyclic amines) is 1. The average molecular weight is 558 g/mol. The summed E-state index contributed by atoms with van der Waals surface area (Å²) in [6, 6.07) is 11.3. The Bertz CT molecular complexity index is 1150. The Morgan fingerprint density at radius 3 is 2.50 bits per heavy atom. The fourth-order valence-electron chi connectivity index (χ4n) is 6.22. The molecule has 9 nitrogen and oxygen atoms in total. The number of carbonyl (C=O) groups is 2. The molecule has 3 fully saturated rings. The summed E-state index contributed by atoms with van der Waals surface area (Å²) >= 11 is 0. The number of aryl methyl sites for hydroxylation is 1. The second kappa shape index (κ2) is 11.8. The number of rotatable bonds is 10. The van der Waals surface area contributed by atoms with Crippen LogP contribution in [0.4, 0.5) is 13.6 Å². The van der Waals surface area contributed by atoms with E-state index in [1.54, 1.807) is 23.6 Å². The normalized spacial score (nSPS) is 25.0. The lowest BCUT2D eigenvalue weighted by Gasteiger charge is -2.36. The lowest BCUT2D eigenvalue weighted by atomic mass is 9.76. The first-order valence-corrected chi connectivity index (χ1v) is 13.8. The van der Waals surface area contributed by atoms with Crippen LogP contribution in [-0.2, 0) is 16.0 Å². The molecule has 0 spiro atoms. The van der Waals surface area contributed by atoms with Crippen LogP contribution in [-0.4, -0.2) is 87.6 Å². The second-order valence-electron chi connectivity index (χ2n) is 11.7. The molecule has 0 radical (unpaired) electrons. The number of halogens is 2. The Labute approximate surface area is 233 Å². The summed E-state index contributed by atoms with van der Waals surface area (Å²) in [7, 11) is -1.78. The number of alkyl halides is 2. The highest BCUT2D eigenvalue weighted by Gasteiger charge is 2.55. The van der Waals surface area contributed by atoms with E-state index in [0.29, 0.717) is 32.1 Å². The van der Waals surface area contributed by atoms with Gasteiger partial charge in [-0.05, 0) is 64.0 Å². The number of nitrogens with one attached hydrogen (secondary N) is 1. The zero-order valence-electron chi connectivity index (χ0n) is 23.0. The highest BCUT2D eigenvalue weighted by atomic mass is 19.3. The van der Waals surface area contributed by atoms with Crippen molar-refractivity contribution < 1.29 is 33.2 Å². The van der Waals surface area contributed by atoms with Crippen LogP contribution in [0.25, 0.3) is 0 Å². The molecule has 2 amide bonds. The van der Waals surface area contributed by atoms with Crippen molar-refractivity contribution in [2.45, 2.75) is 87.8 Å². The number of nitrogens with zero attached hydrogens (tertiary/aromatic N) is 3. The standard InChI is InChI=1S/C28H37BF2N4O5/c1-26(2,34-15-14-28(30,31)18-34)16-21(17-32)24(36)35-22-10-12-27(35,13-11-22)19-40-25(37)33-23(29(38)39)9-8-20-6-4-3-5-7-20/h3-7,16,22-23,38-39H,8-15,18-19H2,1-2H3,(H,33,37)/b21-16+/t22?,23-,27?/m0/s1. The second-order valence-corrected chi connectivity index (χ2v) is 11.7. The Kier molecular flexibility index (Phi) is 8.88. The minimum Gasteiger partial charge on any atom is -0.447 e. The zero-order valence-corrected chi connectivity index (χ0v) is 23.0. The molecular formula is C28H37BF2N4O5. The van der Waals surface area contributed by atoms with Crippen LogP contribution in [0.5, 0.6) is 0 Å². The van der Waals surface area contributed by atoms with Gasteiger partial charge < -0.3 is 25.0 Å². The minimum absolute atomic E-state index is 0.103. The molecule has 3 aliphatic heterocycles. The highest BCUT2D eigenvalue weighted by Crippen LogP contribution is 2.47. The van der Waals surface area contributed by atoms with Crippen molar-refractivity contribution >= 4 is 19.1 Å². The molecule has 40 heavy (non-hydrogen) atoms. The molecule has 216 valence electrons. The van der Waals surface area contributed by atoms with Gasteiger partial charge in [-0.1, -0.05) is 30.3 Å². The van der Waals surface area contributed by atoms with E-state index in [4.69, 9.17) is 4.74 Å². The summed E-state index contributed by atoms with van der Waals surface area (Å²) in [5.41, 5.74) is -0.838. The van der Waals surface area contributed by atoms with Gasteiger partial charge in [0, 0.05) is 24.5 Å². The van der Waals surface area contributed by atoms with Crippen molar-refractivity contribution in [1.82, 2.24) is 15.1 Å². The molecule has 3 saturated heterocycles. The largest absolute Gasteiger partial charge is 0.475 e. The van der Waals surface area contributed by atoms with Gasteiger partial charge in [-0.2, -0.15) is 5.26 Å². The van der Waals surface area contributed by atoms with Crippen LogP contribution in [0.1, 0.15) is 57.9 Å². The van der Waals surface area contributed by atoms with E-state index in [1.165, 1.54) is 6.08 Å². The minimum atomic E-state index is -2.80. The molecule has 2 bridgehead atoms. The van der Waals surface area contributed by atoms with Crippen molar-refractivity contribution in [1.29, 1.82) is 5.26 Å². The number of hydrogen-bond donors (Lipinski definition) is 3. The van der Waals surface area contributed by atoms with E-state index in [0.717, 1.165) is 5.56 Å². The maximum atomic E-state index is 13.8. The molecule has 0 aromatic heterocycles. The number of ether oxygens (including phenoxy) is 1. The Morgan fingerprint density at radius 2 is 1.93 bits per heavy atom. The number of nitriles is 1. The van der Waals surface area contributed by atoms with E-state index in [-0.39, 0.29) is 37.6 Å². The lowest BCUT2D eigenvalue weighted by molar-refractivity contribution is -0.132. The molecule has 1 aromatic rings. The van der Waals surface area contributed by atoms with E-state index in [2.05, 4.69) is 5.32 Å². The number of carbonyl (C=O) groups excluding carboxylic acids is 2. The summed E-state index contributed by atoms with van der Waals surface area (Å²) in [4.78, 5) is 29.5. The molecule has 3 aliphatic rings. The molecule has 3 N–H and O–H groups in total. The third kappa shape index (κ3) is 6.65. The van der Waals surface area contributed by atoms with Gasteiger partial charge in [0.2, 0.25) is 0 Å². The smallest absolute Gasteiger partial charge is 0.447 e. The van der Waals surface area contributed by atoms with E-state index in [1.807, 2.05) is 36.4 Å². The molecule has 4 rings (SSSR count). The van der Waals surface area contributed by atoms with Gasteiger partial charge in [-0.15, -0.1) is 0 Å². The molecule has 0 saturated carbocycles. The molecule has 1 atom stereocenters. The molecule has 0 aliphatic carbocycles. The van der Waals surface area contributed by atoms with Crippen molar-refractivity contribution in [2.75, 3.05) is 19.7 Å². The fourth-order valence-corrected chi connectivity index (χ4v) is 6.22. The van der Waals surface area contributed by atoms with Crippen LogP contribution in [0.2, 0.25) is 0 Å². The van der Waals surface area contributed by atoms with Crippen LogP contribution in [0.3, 0.4) is 0 Å². The maximum absolute atomic E-state index is 13.8. The van der Waals surface area contributed by atoms with Gasteiger partial charge in [0.15, 0.2) is 0 Å². The van der Waals surface area contributed by atoms with Gasteiger partial charge >= 0.3 is 13.2 Å². The summed E-state index contributed by atoms with van der Waals surface area (Å²) in [5.74, 6) is -4.24. The molecule has 0 unspecified atom stereocenters. The van der Waals surface area contributed by atoms with Gasteiger partial charge in [0.05, 0.1) is 18.0 Å². The van der Waals surface area contributed by atoms with Crippen molar-refractivity contribution in [3.63, 3.8) is 0 Å². The van der Waals surface area contributed by atoms with Crippen LogP contribution >= 0.6 is 0 Å². The quantitative estimate of drug-likeness (QED) is 0.229. The zero-order chi connectivity index (χ0) is 29.1. The van der Waals surface area contributed by atoms with Crippen molar-refractivity contribution in [2.24, 2.45) is 0 Å². The van der Waals surface area contributed by atoms with Gasteiger partial charge in [-0.25, -0.2) is 13.6 Å². The van der Waals surface area contributed by atoms with Crippen LogP contribution in [0, 0.1) is 11.3 Å². The van der Waals surface area contributed by atoms with E-state index >= 15 is 0 Å².